The molecule has 4 rings (SSSR count). The van der Waals surface area contributed by atoms with Gasteiger partial charge in [0.25, 0.3) is 0 Å². The highest BCUT2D eigenvalue weighted by Gasteiger charge is 2.27. The minimum absolute atomic E-state index is 0.0244. The molecule has 0 amide bonds. The number of fused-ring (bicyclic) bond motifs is 1. The number of sulfonamides is 1. The number of benzene rings is 2. The smallest absolute Gasteiger partial charge is 0.359 e. The molecule has 0 aliphatic rings. The van der Waals surface area contributed by atoms with E-state index in [1.54, 1.807) is 18.2 Å². The summed E-state index contributed by atoms with van der Waals surface area (Å²) >= 11 is 6.00. The fraction of sp³-hybridized carbons (Fsp3) is 0.174. The highest BCUT2D eigenvalue weighted by molar-refractivity contribution is 7.89. The predicted octanol–water partition coefficient (Wildman–Crippen LogP) is 4.76. The first kappa shape index (κ1) is 26.5. The molecule has 194 valence electrons. The van der Waals surface area contributed by atoms with Gasteiger partial charge in [-0.1, -0.05) is 17.7 Å². The average Bonchev–Trinajstić information content (AvgIpc) is 2.81. The van der Waals surface area contributed by atoms with Gasteiger partial charge < -0.3 is 10.6 Å². The van der Waals surface area contributed by atoms with Crippen LogP contribution in [0.25, 0.3) is 22.3 Å². The van der Waals surface area contributed by atoms with Crippen LogP contribution in [0.2, 0.25) is 5.02 Å². The standard InChI is InChI=1S/C23H19ClF4N6O2S/c24-16-11-13(1-8-19(16)37(29,35)36)9-10-30-22-33-18-7-6-17(14-2-4-15(25)5-3-14)32-20(18)21(34-22)31-12-23(26,27)28/h1-8,11H,9-10,12H2,(H2,29,35,36)(H2,30,31,33,34). The summed E-state index contributed by atoms with van der Waals surface area (Å²) < 4.78 is 75.0. The number of anilines is 2. The molecule has 0 saturated heterocycles. The number of hydrogen-bond acceptors (Lipinski definition) is 7. The Bertz CT molecular complexity index is 1550. The maximum Gasteiger partial charge on any atom is 0.405 e. The van der Waals surface area contributed by atoms with E-state index < -0.39 is 28.6 Å². The van der Waals surface area contributed by atoms with Crippen LogP contribution >= 0.6 is 11.6 Å². The third kappa shape index (κ3) is 6.81. The zero-order valence-electron chi connectivity index (χ0n) is 18.9. The van der Waals surface area contributed by atoms with Gasteiger partial charge in [0.15, 0.2) is 5.82 Å². The number of hydrogen-bond donors (Lipinski definition) is 3. The zero-order valence-corrected chi connectivity index (χ0v) is 20.4. The Labute approximate surface area is 214 Å². The first-order chi connectivity index (χ1) is 17.4. The van der Waals surface area contributed by atoms with Crippen molar-refractivity contribution in [1.29, 1.82) is 0 Å². The Morgan fingerprint density at radius 1 is 0.946 bits per heavy atom. The van der Waals surface area contributed by atoms with Crippen molar-refractivity contribution >= 4 is 44.4 Å². The molecule has 0 atom stereocenters. The van der Waals surface area contributed by atoms with Gasteiger partial charge in [-0.2, -0.15) is 18.2 Å². The Morgan fingerprint density at radius 3 is 2.32 bits per heavy atom. The topological polar surface area (TPSA) is 123 Å². The summed E-state index contributed by atoms with van der Waals surface area (Å²) in [5.74, 6) is -0.506. The number of primary sulfonamides is 1. The first-order valence-electron chi connectivity index (χ1n) is 10.7. The van der Waals surface area contributed by atoms with Gasteiger partial charge in [-0.3, -0.25) is 0 Å². The second-order valence-corrected chi connectivity index (χ2v) is 9.86. The van der Waals surface area contributed by atoms with Gasteiger partial charge in [0, 0.05) is 12.1 Å². The molecule has 0 bridgehead atoms. The molecule has 2 aromatic heterocycles. The van der Waals surface area contributed by atoms with Crippen LogP contribution in [0.1, 0.15) is 5.56 Å². The molecular formula is C23H19ClF4N6O2S. The minimum Gasteiger partial charge on any atom is -0.359 e. The quantitative estimate of drug-likeness (QED) is 0.268. The van der Waals surface area contributed by atoms with E-state index in [9.17, 15) is 26.0 Å². The zero-order chi connectivity index (χ0) is 26.8. The van der Waals surface area contributed by atoms with Crippen molar-refractivity contribution in [3.63, 3.8) is 0 Å². The summed E-state index contributed by atoms with van der Waals surface area (Å²) in [7, 11) is -3.96. The van der Waals surface area contributed by atoms with Crippen LogP contribution in [0.15, 0.2) is 59.5 Å². The number of aromatic nitrogens is 3. The van der Waals surface area contributed by atoms with Crippen molar-refractivity contribution in [2.45, 2.75) is 17.5 Å². The Hall–Kier alpha value is -3.55. The van der Waals surface area contributed by atoms with Gasteiger partial charge >= 0.3 is 6.18 Å². The predicted molar refractivity (Wildman–Crippen MR) is 132 cm³/mol. The molecule has 14 heteroatoms. The van der Waals surface area contributed by atoms with Crippen molar-refractivity contribution in [2.75, 3.05) is 23.7 Å². The highest BCUT2D eigenvalue weighted by Crippen LogP contribution is 2.27. The summed E-state index contributed by atoms with van der Waals surface area (Å²) in [4.78, 5) is 12.7. The van der Waals surface area contributed by atoms with Gasteiger partial charge in [0.2, 0.25) is 16.0 Å². The number of nitrogens with two attached hydrogens (primary N) is 1. The number of halogens is 5. The lowest BCUT2D eigenvalue weighted by atomic mass is 10.1. The van der Waals surface area contributed by atoms with Gasteiger partial charge in [-0.15, -0.1) is 0 Å². The lowest BCUT2D eigenvalue weighted by Crippen LogP contribution is -2.22. The third-order valence-corrected chi connectivity index (χ3v) is 6.53. The fourth-order valence-corrected chi connectivity index (χ4v) is 4.55. The van der Waals surface area contributed by atoms with E-state index in [4.69, 9.17) is 16.7 Å². The van der Waals surface area contributed by atoms with E-state index in [2.05, 4.69) is 25.6 Å². The number of nitrogens with one attached hydrogen (secondary N) is 2. The van der Waals surface area contributed by atoms with Crippen molar-refractivity contribution in [3.8, 4) is 11.3 Å². The molecule has 2 aromatic carbocycles. The lowest BCUT2D eigenvalue weighted by molar-refractivity contribution is -0.115. The molecule has 0 fully saturated rings. The minimum atomic E-state index is -4.50. The summed E-state index contributed by atoms with van der Waals surface area (Å²) in [6.07, 6.45) is -4.12. The third-order valence-electron chi connectivity index (χ3n) is 5.14. The van der Waals surface area contributed by atoms with E-state index in [0.29, 0.717) is 23.2 Å². The van der Waals surface area contributed by atoms with Crippen molar-refractivity contribution in [3.05, 3.63) is 71.0 Å². The fourth-order valence-electron chi connectivity index (χ4n) is 3.43. The van der Waals surface area contributed by atoms with Crippen molar-refractivity contribution in [2.24, 2.45) is 5.14 Å². The van der Waals surface area contributed by atoms with E-state index in [0.717, 1.165) is 0 Å². The summed E-state index contributed by atoms with van der Waals surface area (Å²) in [5, 5.41) is 10.3. The normalized spacial score (nSPS) is 12.1. The molecule has 8 nitrogen and oxygen atoms in total. The van der Waals surface area contributed by atoms with Crippen LogP contribution in [0, 0.1) is 5.82 Å². The molecule has 0 radical (unpaired) electrons. The van der Waals surface area contributed by atoms with Crippen LogP contribution in [0.4, 0.5) is 29.3 Å². The van der Waals surface area contributed by atoms with Gasteiger partial charge in [0.05, 0.1) is 16.2 Å². The Kier molecular flexibility index (Phi) is 7.48. The summed E-state index contributed by atoms with van der Waals surface area (Å²) in [6, 6.07) is 13.0. The molecule has 0 unspecified atom stereocenters. The van der Waals surface area contributed by atoms with Gasteiger partial charge in [-0.25, -0.2) is 27.9 Å². The van der Waals surface area contributed by atoms with Crippen LogP contribution in [0.5, 0.6) is 0 Å². The molecule has 4 N–H and O–H groups in total. The molecular weight excluding hydrogens is 536 g/mol. The van der Waals surface area contributed by atoms with E-state index in [1.807, 2.05) is 0 Å². The van der Waals surface area contributed by atoms with Gasteiger partial charge in [0.1, 0.15) is 22.8 Å². The van der Waals surface area contributed by atoms with Crippen molar-refractivity contribution in [1.82, 2.24) is 15.0 Å². The molecule has 2 heterocycles. The molecule has 0 aliphatic carbocycles. The van der Waals surface area contributed by atoms with Crippen LogP contribution < -0.4 is 15.8 Å². The molecule has 0 spiro atoms. The average molecular weight is 555 g/mol. The maximum atomic E-state index is 13.3. The van der Waals surface area contributed by atoms with Crippen molar-refractivity contribution < 1.29 is 26.0 Å². The van der Waals surface area contributed by atoms with E-state index >= 15 is 0 Å². The second kappa shape index (κ2) is 10.4. The van der Waals surface area contributed by atoms with Gasteiger partial charge in [-0.05, 0) is 60.5 Å². The number of alkyl halides is 3. The maximum absolute atomic E-state index is 13.3. The summed E-state index contributed by atoms with van der Waals surface area (Å²) in [6.45, 7) is -1.08. The van der Waals surface area contributed by atoms with Crippen LogP contribution in [-0.4, -0.2) is 42.6 Å². The Balaban J connectivity index is 1.58. The number of pyridine rings is 1. The number of rotatable bonds is 8. The van der Waals surface area contributed by atoms with E-state index in [-0.39, 0.29) is 39.3 Å². The molecule has 4 aromatic rings. The monoisotopic (exact) mass is 554 g/mol. The van der Waals surface area contributed by atoms with Crippen LogP contribution in [0.3, 0.4) is 0 Å². The molecule has 0 aliphatic heterocycles. The Morgan fingerprint density at radius 2 is 1.68 bits per heavy atom. The van der Waals surface area contributed by atoms with Crippen LogP contribution in [-0.2, 0) is 16.4 Å². The lowest BCUT2D eigenvalue weighted by Gasteiger charge is -2.14. The SMILES string of the molecule is NS(=O)(=O)c1ccc(CCNc2nc(NCC(F)(F)F)c3nc(-c4ccc(F)cc4)ccc3n2)cc1Cl. The largest absolute Gasteiger partial charge is 0.405 e. The second-order valence-electron chi connectivity index (χ2n) is 7.92. The number of nitrogens with zero attached hydrogens (tertiary/aromatic N) is 3. The molecule has 37 heavy (non-hydrogen) atoms. The molecule has 0 saturated carbocycles. The van der Waals surface area contributed by atoms with E-state index in [1.165, 1.54) is 36.4 Å². The first-order valence-corrected chi connectivity index (χ1v) is 12.6. The summed E-state index contributed by atoms with van der Waals surface area (Å²) in [5.41, 5.74) is 2.06. The highest BCUT2D eigenvalue weighted by atomic mass is 35.5.